The van der Waals surface area contributed by atoms with Crippen molar-refractivity contribution in [3.05, 3.63) is 94.6 Å². The van der Waals surface area contributed by atoms with E-state index < -0.39 is 30.2 Å². The molecule has 0 saturated carbocycles. The number of nitrogens with zero attached hydrogens (tertiary/aromatic N) is 9. The Morgan fingerprint density at radius 3 is 2.62 bits per heavy atom. The minimum absolute atomic E-state index is 0. The summed E-state index contributed by atoms with van der Waals surface area (Å²) in [5.74, 6) is -0.832. The first-order chi connectivity index (χ1) is 30.4. The van der Waals surface area contributed by atoms with E-state index in [0.717, 1.165) is 51.3 Å². The van der Waals surface area contributed by atoms with E-state index in [1.54, 1.807) is 64.9 Å². The minimum Gasteiger partial charge on any atom is -1.00 e. The number of carbonyl (C=O) groups is 3. The highest BCUT2D eigenvalue weighted by molar-refractivity contribution is 6.35. The van der Waals surface area contributed by atoms with Gasteiger partial charge in [0, 0.05) is 79.8 Å². The van der Waals surface area contributed by atoms with Crippen molar-refractivity contribution < 1.29 is 55.0 Å². The lowest BCUT2D eigenvalue weighted by atomic mass is 10.1. The third-order valence-electron chi connectivity index (χ3n) is 10.8. The number of amides is 3. The molecule has 0 spiro atoms. The van der Waals surface area contributed by atoms with E-state index in [9.17, 15) is 14.4 Å². The maximum Gasteiger partial charge on any atom is 0.418 e. The predicted molar refractivity (Wildman–Crippen MR) is 239 cm³/mol. The van der Waals surface area contributed by atoms with Gasteiger partial charge in [-0.25, -0.2) is 24.6 Å². The van der Waals surface area contributed by atoms with Crippen LogP contribution < -0.4 is 42.3 Å². The lowest BCUT2D eigenvalue weighted by Crippen LogP contribution is -3.00. The van der Waals surface area contributed by atoms with Crippen molar-refractivity contribution in [3.63, 3.8) is 0 Å². The molecule has 2 N–H and O–H groups in total. The van der Waals surface area contributed by atoms with Crippen molar-refractivity contribution in [1.29, 1.82) is 0 Å². The van der Waals surface area contributed by atoms with Gasteiger partial charge >= 0.3 is 18.1 Å². The Bertz CT molecular complexity index is 2200. The molecule has 0 aliphatic carbocycles. The molecular formula is C42H55Cl4N11O8. The zero-order valence-corrected chi connectivity index (χ0v) is 39.7. The van der Waals surface area contributed by atoms with Gasteiger partial charge in [0.15, 0.2) is 6.54 Å². The van der Waals surface area contributed by atoms with E-state index in [2.05, 4.69) is 37.7 Å². The van der Waals surface area contributed by atoms with E-state index in [1.165, 1.54) is 24.5 Å². The van der Waals surface area contributed by atoms with Crippen LogP contribution in [0.25, 0.3) is 0 Å². The van der Waals surface area contributed by atoms with Crippen LogP contribution in [0.4, 0.5) is 21.1 Å². The molecule has 65 heavy (non-hydrogen) atoms. The van der Waals surface area contributed by atoms with Gasteiger partial charge in [0.2, 0.25) is 18.3 Å². The first-order valence-electron chi connectivity index (χ1n) is 20.9. The molecule has 0 bridgehead atoms. The molecule has 3 fully saturated rings. The monoisotopic (exact) mass is 981 g/mol. The fraction of sp³-hybridized carbons (Fsp3) is 0.476. The third kappa shape index (κ3) is 12.8. The van der Waals surface area contributed by atoms with E-state index >= 15 is 0 Å². The SMILES string of the molecule is CCCCN1CN(N2CCN(c3ccc(OCC4COC(Cn5c[n+](C(C)OC(=O)N(C)c6ncccc6COC(=O)CNC)cn5)(c5ccc(Cl)cc5Cl)O4)cc3)CC2)C(=O)N1.Cl.[Cl-]. The number of ether oxygens (including phenoxy) is 5. The van der Waals surface area contributed by atoms with Gasteiger partial charge in [0.25, 0.3) is 6.33 Å². The third-order valence-corrected chi connectivity index (χ3v) is 11.4. The van der Waals surface area contributed by atoms with Crippen molar-refractivity contribution in [2.45, 2.75) is 58.0 Å². The van der Waals surface area contributed by atoms with Gasteiger partial charge in [-0.05, 0) is 55.9 Å². The summed E-state index contributed by atoms with van der Waals surface area (Å²) < 4.78 is 33.6. The molecule has 5 heterocycles. The van der Waals surface area contributed by atoms with Crippen molar-refractivity contribution in [2.75, 3.05) is 83.0 Å². The van der Waals surface area contributed by atoms with Crippen LogP contribution in [0, 0.1) is 0 Å². The van der Waals surface area contributed by atoms with Gasteiger partial charge in [0.1, 0.15) is 37.6 Å². The highest BCUT2D eigenvalue weighted by Crippen LogP contribution is 2.40. The van der Waals surface area contributed by atoms with Gasteiger partial charge in [-0.2, -0.15) is 9.58 Å². The molecular weight excluding hydrogens is 928 g/mol. The smallest absolute Gasteiger partial charge is 0.418 e. The maximum atomic E-state index is 13.3. The van der Waals surface area contributed by atoms with Crippen molar-refractivity contribution in [1.82, 2.24) is 40.5 Å². The number of pyridine rings is 1. The predicted octanol–water partition coefficient (Wildman–Crippen LogP) is 1.74. The minimum atomic E-state index is -1.36. The molecule has 3 amide bonds. The second-order valence-electron chi connectivity index (χ2n) is 15.4. The maximum absolute atomic E-state index is 13.3. The highest BCUT2D eigenvalue weighted by atomic mass is 35.5. The fourth-order valence-corrected chi connectivity index (χ4v) is 7.99. The number of likely N-dealkylation sites (N-methyl/N-ethyl adjacent to an activating group) is 1. The summed E-state index contributed by atoms with van der Waals surface area (Å²) in [5, 5.41) is 14.0. The molecule has 2 aromatic carbocycles. The molecule has 19 nitrogen and oxygen atoms in total. The van der Waals surface area contributed by atoms with E-state index in [1.807, 2.05) is 29.3 Å². The summed E-state index contributed by atoms with van der Waals surface area (Å²) in [5.41, 5.74) is 5.13. The molecule has 3 unspecified atom stereocenters. The quantitative estimate of drug-likeness (QED) is 0.109. The Balaban J connectivity index is 0.00000397. The van der Waals surface area contributed by atoms with Crippen molar-refractivity contribution in [3.8, 4) is 5.75 Å². The average molecular weight is 984 g/mol. The summed E-state index contributed by atoms with van der Waals surface area (Å²) in [6.45, 7) is 8.76. The summed E-state index contributed by atoms with van der Waals surface area (Å²) in [7, 11) is 3.17. The van der Waals surface area contributed by atoms with E-state index in [-0.39, 0.29) is 69.6 Å². The fourth-order valence-electron chi connectivity index (χ4n) is 7.43. The average Bonchev–Trinajstić information content (AvgIpc) is 4.03. The van der Waals surface area contributed by atoms with Crippen molar-refractivity contribution in [2.24, 2.45) is 0 Å². The van der Waals surface area contributed by atoms with Crippen LogP contribution in [0.2, 0.25) is 10.0 Å². The molecule has 3 saturated heterocycles. The molecule has 4 aromatic rings. The van der Waals surface area contributed by atoms with Gasteiger partial charge < -0.3 is 46.3 Å². The summed E-state index contributed by atoms with van der Waals surface area (Å²) in [6, 6.07) is 16.4. The first-order valence-corrected chi connectivity index (χ1v) is 21.7. The number of carbonyl (C=O) groups excluding carboxylic acids is 3. The number of hydrogen-bond acceptors (Lipinski definition) is 14. The van der Waals surface area contributed by atoms with Crippen LogP contribution in [0.3, 0.4) is 0 Å². The van der Waals surface area contributed by atoms with Crippen LogP contribution >= 0.6 is 35.6 Å². The second-order valence-corrected chi connectivity index (χ2v) is 16.2. The Kier molecular flexibility index (Phi) is 18.7. The summed E-state index contributed by atoms with van der Waals surface area (Å²) in [6.07, 6.45) is 4.90. The summed E-state index contributed by atoms with van der Waals surface area (Å²) >= 11 is 13.0. The van der Waals surface area contributed by atoms with Gasteiger partial charge in [0.05, 0.1) is 18.2 Å². The summed E-state index contributed by atoms with van der Waals surface area (Å²) in [4.78, 5) is 45.7. The van der Waals surface area contributed by atoms with Gasteiger partial charge in [-0.1, -0.05) is 48.7 Å². The number of halogens is 4. The Morgan fingerprint density at radius 1 is 1.12 bits per heavy atom. The van der Waals surface area contributed by atoms with Gasteiger partial charge in [-0.15, -0.1) is 17.1 Å². The van der Waals surface area contributed by atoms with Crippen LogP contribution in [-0.4, -0.2) is 127 Å². The first kappa shape index (κ1) is 51.3. The Labute approximate surface area is 400 Å². The topological polar surface area (TPSA) is 172 Å². The number of benzene rings is 2. The van der Waals surface area contributed by atoms with Crippen LogP contribution in [-0.2, 0) is 42.7 Å². The Morgan fingerprint density at radius 2 is 1.89 bits per heavy atom. The van der Waals surface area contributed by atoms with Gasteiger partial charge in [-0.3, -0.25) is 15.1 Å². The van der Waals surface area contributed by atoms with E-state index in [0.29, 0.717) is 33.6 Å². The van der Waals surface area contributed by atoms with E-state index in [4.69, 9.17) is 46.9 Å². The normalized spacial score (nSPS) is 19.2. The number of piperazine rings is 1. The molecule has 3 aliphatic rings. The lowest BCUT2D eigenvalue weighted by Gasteiger charge is -2.39. The lowest BCUT2D eigenvalue weighted by molar-refractivity contribution is -0.753. The number of hydrazine groups is 2. The molecule has 0 radical (unpaired) electrons. The Hall–Kier alpha value is -4.70. The van der Waals surface area contributed by atoms with Crippen molar-refractivity contribution >= 4 is 65.2 Å². The number of esters is 1. The molecule has 3 aliphatic heterocycles. The number of nitrogens with one attached hydrogen (secondary N) is 2. The number of rotatable bonds is 18. The number of hydrogen-bond donors (Lipinski definition) is 2. The zero-order valence-electron chi connectivity index (χ0n) is 36.6. The number of anilines is 2. The van der Waals surface area contributed by atoms with Crippen LogP contribution in [0.1, 0.15) is 44.0 Å². The number of aromatic nitrogens is 4. The second kappa shape index (κ2) is 23.7. The molecule has 354 valence electrons. The molecule has 2 aromatic heterocycles. The van der Waals surface area contributed by atoms with Crippen LogP contribution in [0.5, 0.6) is 5.75 Å². The highest BCUT2D eigenvalue weighted by Gasteiger charge is 2.47. The molecule has 3 atom stereocenters. The molecule has 7 rings (SSSR count). The number of urea groups is 1. The van der Waals surface area contributed by atoms with Crippen LogP contribution in [0.15, 0.2) is 73.4 Å². The standard InChI is InChI=1S/C42H53Cl2N11O8.2ClH/c1-5-6-16-52-29-55(40(57)48-52)54-19-17-50(18-20-54)33-10-12-34(13-11-33)59-24-35-25-61-42(63-35,36-14-9-32(43)21-37(36)44)26-53-28-51(27-47-53)30(2)62-41(58)49(4)39-31(8-7-15-46-39)23-60-38(56)22-45-3;;/h7-15,21,27-28,30,35,45H,5-6,16-20,22-26,29H2,1-4H3;2*1H. The largest absolute Gasteiger partial charge is 1.00 e. The zero-order chi connectivity index (χ0) is 44.5. The number of unbranched alkanes of at least 4 members (excludes halogenated alkanes) is 1. The molecule has 23 heteroatoms.